The van der Waals surface area contributed by atoms with Gasteiger partial charge in [0, 0.05) is 51.7 Å². The second-order valence-corrected chi connectivity index (χ2v) is 7.13. The molecule has 0 atom stereocenters. The van der Waals surface area contributed by atoms with E-state index < -0.39 is 0 Å². The third kappa shape index (κ3) is 4.93. The number of pyridine rings is 1. The van der Waals surface area contributed by atoms with Crippen LogP contribution in [0.15, 0.2) is 53.7 Å². The topological polar surface area (TPSA) is 70.4 Å². The van der Waals surface area contributed by atoms with Gasteiger partial charge < -0.3 is 15.5 Å². The summed E-state index contributed by atoms with van der Waals surface area (Å²) in [7, 11) is 5.77. The zero-order valence-electron chi connectivity index (χ0n) is 17.8. The van der Waals surface area contributed by atoms with Crippen LogP contribution in [0, 0.1) is 13.8 Å². The van der Waals surface area contributed by atoms with Crippen molar-refractivity contribution in [2.24, 2.45) is 4.99 Å². The molecule has 152 valence electrons. The first-order chi connectivity index (χ1) is 14.0. The van der Waals surface area contributed by atoms with Crippen LogP contribution in [0.2, 0.25) is 0 Å². The molecule has 2 aromatic heterocycles. The summed E-state index contributed by atoms with van der Waals surface area (Å²) >= 11 is 0. The Morgan fingerprint density at radius 2 is 1.72 bits per heavy atom. The van der Waals surface area contributed by atoms with Gasteiger partial charge in [0.25, 0.3) is 0 Å². The van der Waals surface area contributed by atoms with Crippen LogP contribution in [0.1, 0.15) is 22.5 Å². The molecule has 0 radical (unpaired) electrons. The van der Waals surface area contributed by atoms with Gasteiger partial charge in [-0.25, -0.2) is 9.67 Å². The van der Waals surface area contributed by atoms with E-state index in [0.717, 1.165) is 40.0 Å². The van der Waals surface area contributed by atoms with Crippen molar-refractivity contribution in [3.05, 3.63) is 71.2 Å². The van der Waals surface area contributed by atoms with Crippen molar-refractivity contribution >= 4 is 11.8 Å². The molecule has 0 bridgehead atoms. The number of nitrogens with zero attached hydrogens (tertiary/aromatic N) is 5. The fourth-order valence-electron chi connectivity index (χ4n) is 3.29. The van der Waals surface area contributed by atoms with E-state index in [1.807, 2.05) is 55.0 Å². The number of aromatic nitrogens is 3. The molecule has 7 nitrogen and oxygen atoms in total. The molecule has 0 aliphatic carbocycles. The van der Waals surface area contributed by atoms with Gasteiger partial charge in [0.05, 0.1) is 11.4 Å². The summed E-state index contributed by atoms with van der Waals surface area (Å²) in [6.45, 7) is 5.36. The molecular weight excluding hydrogens is 362 g/mol. The van der Waals surface area contributed by atoms with Gasteiger partial charge >= 0.3 is 0 Å². The standard InChI is InChI=1S/C22H29N7/c1-16-13-17(2)29(27-16)20-11-7-6-9-18(20)14-25-22(23-3)26-15-19-10-8-12-24-21(19)28(4)5/h6-13H,14-15H2,1-5H3,(H2,23,25,26). The Morgan fingerprint density at radius 1 is 1.03 bits per heavy atom. The number of hydrogen-bond acceptors (Lipinski definition) is 4. The van der Waals surface area contributed by atoms with Crippen LogP contribution < -0.4 is 15.5 Å². The van der Waals surface area contributed by atoms with Crippen molar-refractivity contribution in [1.82, 2.24) is 25.4 Å². The number of nitrogens with one attached hydrogen (secondary N) is 2. The number of rotatable bonds is 6. The zero-order chi connectivity index (χ0) is 20.8. The summed E-state index contributed by atoms with van der Waals surface area (Å²) < 4.78 is 1.99. The molecule has 0 spiro atoms. The van der Waals surface area contributed by atoms with E-state index >= 15 is 0 Å². The van der Waals surface area contributed by atoms with E-state index in [4.69, 9.17) is 0 Å². The average Bonchev–Trinajstić information content (AvgIpc) is 3.06. The molecule has 0 aliphatic rings. The number of anilines is 1. The maximum Gasteiger partial charge on any atom is 0.191 e. The fraction of sp³-hybridized carbons (Fsp3) is 0.318. The van der Waals surface area contributed by atoms with Crippen LogP contribution in [0.25, 0.3) is 5.69 Å². The molecule has 1 aromatic carbocycles. The molecule has 3 aromatic rings. The van der Waals surface area contributed by atoms with Crippen LogP contribution in [-0.2, 0) is 13.1 Å². The number of hydrogen-bond donors (Lipinski definition) is 2. The summed E-state index contributed by atoms with van der Waals surface area (Å²) in [6, 6.07) is 14.4. The van der Waals surface area contributed by atoms with Gasteiger partial charge in [0.1, 0.15) is 5.82 Å². The Kier molecular flexibility index (Phi) is 6.49. The van der Waals surface area contributed by atoms with Crippen molar-refractivity contribution in [2.45, 2.75) is 26.9 Å². The van der Waals surface area contributed by atoms with Crippen molar-refractivity contribution in [3.63, 3.8) is 0 Å². The number of aliphatic imine (C=N–C) groups is 1. The minimum atomic E-state index is 0.639. The van der Waals surface area contributed by atoms with Gasteiger partial charge in [-0.1, -0.05) is 24.3 Å². The number of guanidine groups is 1. The molecule has 0 aliphatic heterocycles. The van der Waals surface area contributed by atoms with Gasteiger partial charge in [-0.15, -0.1) is 0 Å². The quantitative estimate of drug-likeness (QED) is 0.499. The van der Waals surface area contributed by atoms with Crippen molar-refractivity contribution < 1.29 is 0 Å². The van der Waals surface area contributed by atoms with Crippen molar-refractivity contribution in [1.29, 1.82) is 0 Å². The molecule has 29 heavy (non-hydrogen) atoms. The summed E-state index contributed by atoms with van der Waals surface area (Å²) in [4.78, 5) is 10.8. The van der Waals surface area contributed by atoms with E-state index in [9.17, 15) is 0 Å². The molecule has 3 rings (SSSR count). The van der Waals surface area contributed by atoms with Crippen molar-refractivity contribution in [3.8, 4) is 5.69 Å². The smallest absolute Gasteiger partial charge is 0.191 e. The monoisotopic (exact) mass is 391 g/mol. The first-order valence-corrected chi connectivity index (χ1v) is 9.67. The predicted molar refractivity (Wildman–Crippen MR) is 119 cm³/mol. The highest BCUT2D eigenvalue weighted by atomic mass is 15.3. The first kappa shape index (κ1) is 20.4. The van der Waals surface area contributed by atoms with Crippen LogP contribution in [-0.4, -0.2) is 41.9 Å². The van der Waals surface area contributed by atoms with Gasteiger partial charge in [-0.05, 0) is 37.6 Å². The highest BCUT2D eigenvalue weighted by Gasteiger charge is 2.10. The minimum Gasteiger partial charge on any atom is -0.362 e. The van der Waals surface area contributed by atoms with E-state index in [-0.39, 0.29) is 0 Å². The molecule has 0 unspecified atom stereocenters. The van der Waals surface area contributed by atoms with Crippen LogP contribution in [0.5, 0.6) is 0 Å². The maximum absolute atomic E-state index is 4.62. The van der Waals surface area contributed by atoms with E-state index in [0.29, 0.717) is 13.1 Å². The summed E-state index contributed by atoms with van der Waals surface area (Å²) in [5, 5.41) is 11.4. The molecule has 2 heterocycles. The minimum absolute atomic E-state index is 0.639. The number of aryl methyl sites for hydroxylation is 2. The van der Waals surface area contributed by atoms with Crippen molar-refractivity contribution in [2.75, 3.05) is 26.0 Å². The summed E-state index contributed by atoms with van der Waals surface area (Å²) in [5.41, 5.74) is 5.46. The van der Waals surface area contributed by atoms with E-state index in [2.05, 4.69) is 56.9 Å². The predicted octanol–water partition coefficient (Wildman–Crippen LogP) is 2.82. The highest BCUT2D eigenvalue weighted by molar-refractivity contribution is 5.79. The summed E-state index contributed by atoms with van der Waals surface area (Å²) in [6.07, 6.45) is 1.81. The second kappa shape index (κ2) is 9.23. The van der Waals surface area contributed by atoms with Gasteiger partial charge in [0.2, 0.25) is 0 Å². The Hall–Kier alpha value is -3.35. The molecule has 7 heteroatoms. The lowest BCUT2D eigenvalue weighted by molar-refractivity contribution is 0.779. The van der Waals surface area contributed by atoms with Gasteiger partial charge in [-0.3, -0.25) is 4.99 Å². The maximum atomic E-state index is 4.62. The lowest BCUT2D eigenvalue weighted by Gasteiger charge is -2.18. The summed E-state index contributed by atoms with van der Waals surface area (Å²) in [5.74, 6) is 1.69. The molecule has 0 fully saturated rings. The van der Waals surface area contributed by atoms with Gasteiger partial charge in [0.15, 0.2) is 5.96 Å². The number of benzene rings is 1. The number of para-hydroxylation sites is 1. The Balaban J connectivity index is 1.69. The van der Waals surface area contributed by atoms with Crippen LogP contribution in [0.3, 0.4) is 0 Å². The molecule has 2 N–H and O–H groups in total. The second-order valence-electron chi connectivity index (χ2n) is 7.13. The Morgan fingerprint density at radius 3 is 2.38 bits per heavy atom. The lowest BCUT2D eigenvalue weighted by Crippen LogP contribution is -2.37. The van der Waals surface area contributed by atoms with E-state index in [1.165, 1.54) is 0 Å². The first-order valence-electron chi connectivity index (χ1n) is 9.67. The third-order valence-electron chi connectivity index (χ3n) is 4.64. The molecular formula is C22H29N7. The third-order valence-corrected chi connectivity index (χ3v) is 4.64. The Bertz CT molecular complexity index is 988. The molecule has 0 amide bonds. The molecule has 0 saturated carbocycles. The largest absolute Gasteiger partial charge is 0.362 e. The zero-order valence-corrected chi connectivity index (χ0v) is 17.8. The lowest BCUT2D eigenvalue weighted by atomic mass is 10.1. The van der Waals surface area contributed by atoms with Crippen LogP contribution >= 0.6 is 0 Å². The fourth-order valence-corrected chi connectivity index (χ4v) is 3.29. The Labute approximate surface area is 172 Å². The van der Waals surface area contributed by atoms with Crippen LogP contribution in [0.4, 0.5) is 5.82 Å². The average molecular weight is 392 g/mol. The van der Waals surface area contributed by atoms with Gasteiger partial charge in [-0.2, -0.15) is 5.10 Å². The highest BCUT2D eigenvalue weighted by Crippen LogP contribution is 2.17. The normalized spacial score (nSPS) is 11.4. The SMILES string of the molecule is CN=C(NCc1ccccc1-n1nc(C)cc1C)NCc1cccnc1N(C)C. The molecule has 0 saturated heterocycles. The van der Waals surface area contributed by atoms with E-state index in [1.54, 1.807) is 7.05 Å².